The van der Waals surface area contributed by atoms with E-state index in [0.29, 0.717) is 5.69 Å². The van der Waals surface area contributed by atoms with Crippen molar-refractivity contribution >= 4 is 16.9 Å². The first-order chi connectivity index (χ1) is 10.8. The van der Waals surface area contributed by atoms with Crippen LogP contribution in [0.2, 0.25) is 0 Å². The van der Waals surface area contributed by atoms with Gasteiger partial charge in [-0.3, -0.25) is 14.8 Å². The van der Waals surface area contributed by atoms with Gasteiger partial charge >= 0.3 is 0 Å². The molecular formula is C17H16N4O. The number of primary amides is 1. The van der Waals surface area contributed by atoms with Crippen molar-refractivity contribution < 1.29 is 4.79 Å². The van der Waals surface area contributed by atoms with Crippen LogP contribution >= 0.6 is 0 Å². The Bertz CT molecular complexity index is 868. The number of aromatic nitrogens is 3. The molecule has 2 N–H and O–H groups in total. The van der Waals surface area contributed by atoms with Gasteiger partial charge in [0.25, 0.3) is 5.91 Å². The van der Waals surface area contributed by atoms with Gasteiger partial charge in [-0.25, -0.2) is 0 Å². The summed E-state index contributed by atoms with van der Waals surface area (Å²) in [4.78, 5) is 20.8. The van der Waals surface area contributed by atoms with Crippen LogP contribution in [-0.2, 0) is 6.42 Å². The number of fused-ring (bicyclic) bond motifs is 2. The van der Waals surface area contributed by atoms with Gasteiger partial charge in [-0.15, -0.1) is 0 Å². The summed E-state index contributed by atoms with van der Waals surface area (Å²) in [6.45, 7) is 0. The van der Waals surface area contributed by atoms with Gasteiger partial charge < -0.3 is 10.3 Å². The van der Waals surface area contributed by atoms with Crippen molar-refractivity contribution in [3.8, 4) is 0 Å². The van der Waals surface area contributed by atoms with E-state index >= 15 is 0 Å². The molecule has 5 nitrogen and oxygen atoms in total. The van der Waals surface area contributed by atoms with E-state index in [-0.39, 0.29) is 6.04 Å². The maximum Gasteiger partial charge on any atom is 0.265 e. The summed E-state index contributed by atoms with van der Waals surface area (Å²) in [5.74, 6) is -0.430. The minimum absolute atomic E-state index is 0.0363. The SMILES string of the molecule is NC(=O)c1cc2ncccc2n1C1CCCc2cccnc21. The fourth-order valence-corrected chi connectivity index (χ4v) is 3.41. The highest BCUT2D eigenvalue weighted by Gasteiger charge is 2.27. The number of nitrogens with two attached hydrogens (primary N) is 1. The maximum atomic E-state index is 11.9. The molecule has 110 valence electrons. The lowest BCUT2D eigenvalue weighted by Gasteiger charge is -2.27. The molecule has 4 rings (SSSR count). The van der Waals surface area contributed by atoms with Crippen LogP contribution in [0.15, 0.2) is 42.7 Å². The number of aryl methyl sites for hydroxylation is 1. The Kier molecular flexibility index (Phi) is 2.92. The van der Waals surface area contributed by atoms with Crippen LogP contribution in [0.5, 0.6) is 0 Å². The van der Waals surface area contributed by atoms with E-state index in [0.717, 1.165) is 36.0 Å². The van der Waals surface area contributed by atoms with Crippen molar-refractivity contribution in [3.63, 3.8) is 0 Å². The summed E-state index contributed by atoms with van der Waals surface area (Å²) in [7, 11) is 0. The summed E-state index contributed by atoms with van der Waals surface area (Å²) in [6, 6.07) is 9.75. The summed E-state index contributed by atoms with van der Waals surface area (Å²) >= 11 is 0. The molecule has 1 amide bonds. The second kappa shape index (κ2) is 4.94. The molecule has 3 aromatic rings. The molecule has 0 aromatic carbocycles. The van der Waals surface area contributed by atoms with Gasteiger partial charge in [-0.1, -0.05) is 6.07 Å². The van der Waals surface area contributed by atoms with E-state index in [9.17, 15) is 4.79 Å². The fraction of sp³-hybridized carbons (Fsp3) is 0.235. The number of amides is 1. The van der Waals surface area contributed by atoms with Crippen LogP contribution < -0.4 is 5.73 Å². The predicted molar refractivity (Wildman–Crippen MR) is 83.6 cm³/mol. The van der Waals surface area contributed by atoms with Gasteiger partial charge in [0, 0.05) is 12.4 Å². The summed E-state index contributed by atoms with van der Waals surface area (Å²) in [5.41, 5.74) is 10.1. The van der Waals surface area contributed by atoms with E-state index in [1.165, 1.54) is 5.56 Å². The molecular weight excluding hydrogens is 276 g/mol. The predicted octanol–water partition coefficient (Wildman–Crippen LogP) is 2.46. The van der Waals surface area contributed by atoms with Crippen LogP contribution in [0, 0.1) is 0 Å². The molecule has 1 atom stereocenters. The second-order valence-electron chi connectivity index (χ2n) is 5.63. The lowest BCUT2D eigenvalue weighted by atomic mass is 9.91. The zero-order valence-electron chi connectivity index (χ0n) is 12.1. The molecule has 22 heavy (non-hydrogen) atoms. The molecule has 0 bridgehead atoms. The summed E-state index contributed by atoms with van der Waals surface area (Å²) < 4.78 is 2.01. The van der Waals surface area contributed by atoms with Crippen molar-refractivity contribution in [2.24, 2.45) is 5.73 Å². The molecule has 1 aliphatic carbocycles. The lowest BCUT2D eigenvalue weighted by molar-refractivity contribution is 0.0990. The lowest BCUT2D eigenvalue weighted by Crippen LogP contribution is -2.24. The fourth-order valence-electron chi connectivity index (χ4n) is 3.41. The minimum atomic E-state index is -0.430. The smallest absolute Gasteiger partial charge is 0.265 e. The molecule has 0 saturated carbocycles. The molecule has 5 heteroatoms. The number of pyridine rings is 2. The Morgan fingerprint density at radius 2 is 2.05 bits per heavy atom. The highest BCUT2D eigenvalue weighted by molar-refractivity contribution is 5.97. The summed E-state index contributed by atoms with van der Waals surface area (Å²) in [5, 5.41) is 0. The van der Waals surface area contributed by atoms with Crippen molar-refractivity contribution in [1.29, 1.82) is 0 Å². The molecule has 1 unspecified atom stereocenters. The standard InChI is InChI=1S/C17H16N4O/c18-17(22)15-10-12-13(7-3-8-19-12)21(15)14-6-1-4-11-5-2-9-20-16(11)14/h2-3,5,7-10,14H,1,4,6H2,(H2,18,22). The molecule has 3 heterocycles. The number of carbonyl (C=O) groups is 1. The Labute approximate surface area is 127 Å². The van der Waals surface area contributed by atoms with Crippen molar-refractivity contribution in [1.82, 2.24) is 14.5 Å². The number of hydrogen-bond donors (Lipinski definition) is 1. The Morgan fingerprint density at radius 1 is 1.23 bits per heavy atom. The third-order valence-corrected chi connectivity index (χ3v) is 4.34. The van der Waals surface area contributed by atoms with E-state index < -0.39 is 5.91 Å². The third-order valence-electron chi connectivity index (χ3n) is 4.34. The molecule has 0 saturated heterocycles. The van der Waals surface area contributed by atoms with Gasteiger partial charge in [0.2, 0.25) is 0 Å². The zero-order valence-corrected chi connectivity index (χ0v) is 12.1. The van der Waals surface area contributed by atoms with Crippen LogP contribution in [-0.4, -0.2) is 20.4 Å². The van der Waals surface area contributed by atoms with Crippen LogP contribution in [0.3, 0.4) is 0 Å². The van der Waals surface area contributed by atoms with E-state index in [4.69, 9.17) is 5.73 Å². The largest absolute Gasteiger partial charge is 0.364 e. The molecule has 0 aliphatic heterocycles. The number of rotatable bonds is 2. The normalized spacial score (nSPS) is 17.4. The average Bonchev–Trinajstić information content (AvgIpc) is 2.94. The van der Waals surface area contributed by atoms with E-state index in [1.54, 1.807) is 12.3 Å². The van der Waals surface area contributed by atoms with Crippen LogP contribution in [0.4, 0.5) is 0 Å². The van der Waals surface area contributed by atoms with Crippen molar-refractivity contribution in [3.05, 3.63) is 59.7 Å². The molecule has 0 radical (unpaired) electrons. The van der Waals surface area contributed by atoms with Crippen molar-refractivity contribution in [2.45, 2.75) is 25.3 Å². The van der Waals surface area contributed by atoms with Gasteiger partial charge in [0.15, 0.2) is 0 Å². The van der Waals surface area contributed by atoms with E-state index in [1.807, 2.05) is 29.0 Å². The number of nitrogens with zero attached hydrogens (tertiary/aromatic N) is 3. The van der Waals surface area contributed by atoms with Gasteiger partial charge in [0.05, 0.1) is 22.8 Å². The Hall–Kier alpha value is -2.69. The summed E-state index contributed by atoms with van der Waals surface area (Å²) in [6.07, 6.45) is 6.59. The monoisotopic (exact) mass is 292 g/mol. The quantitative estimate of drug-likeness (QED) is 0.788. The first-order valence-electron chi connectivity index (χ1n) is 7.45. The molecule has 1 aliphatic rings. The maximum absolute atomic E-state index is 11.9. The average molecular weight is 292 g/mol. The number of hydrogen-bond acceptors (Lipinski definition) is 3. The highest BCUT2D eigenvalue weighted by atomic mass is 16.1. The van der Waals surface area contributed by atoms with Gasteiger partial charge in [-0.2, -0.15) is 0 Å². The first-order valence-corrected chi connectivity index (χ1v) is 7.45. The Balaban J connectivity index is 1.99. The van der Waals surface area contributed by atoms with E-state index in [2.05, 4.69) is 16.0 Å². The van der Waals surface area contributed by atoms with Crippen LogP contribution in [0.25, 0.3) is 11.0 Å². The zero-order chi connectivity index (χ0) is 15.1. The first kappa shape index (κ1) is 13.0. The van der Waals surface area contributed by atoms with Gasteiger partial charge in [-0.05, 0) is 49.1 Å². The van der Waals surface area contributed by atoms with Gasteiger partial charge in [0.1, 0.15) is 5.69 Å². The number of carbonyl (C=O) groups excluding carboxylic acids is 1. The Morgan fingerprint density at radius 3 is 2.91 bits per heavy atom. The third kappa shape index (κ3) is 1.89. The molecule has 0 spiro atoms. The second-order valence-corrected chi connectivity index (χ2v) is 5.63. The van der Waals surface area contributed by atoms with Crippen molar-refractivity contribution in [2.75, 3.05) is 0 Å². The topological polar surface area (TPSA) is 73.8 Å². The van der Waals surface area contributed by atoms with Crippen LogP contribution in [0.1, 0.15) is 40.6 Å². The molecule has 0 fully saturated rings. The molecule has 3 aromatic heterocycles. The highest BCUT2D eigenvalue weighted by Crippen LogP contribution is 2.35. The minimum Gasteiger partial charge on any atom is -0.364 e.